The standard InChI is InChI=1S/C10H10Cl2IN3/c1-5(13)2-3-8-14-6-4-7(11)15-10(12)9(6)16-8/h4-5H,2-3H2,1H3,(H,14,16). The summed E-state index contributed by atoms with van der Waals surface area (Å²) in [6, 6.07) is 1.74. The summed E-state index contributed by atoms with van der Waals surface area (Å²) in [5.41, 5.74) is 1.54. The van der Waals surface area contributed by atoms with Crippen LogP contribution in [-0.2, 0) is 6.42 Å². The van der Waals surface area contributed by atoms with Crippen molar-refractivity contribution in [1.29, 1.82) is 0 Å². The number of pyridine rings is 1. The molecule has 1 atom stereocenters. The number of aromatic amines is 1. The number of fused-ring (bicyclic) bond motifs is 1. The van der Waals surface area contributed by atoms with Gasteiger partial charge in [0.25, 0.3) is 0 Å². The average molecular weight is 370 g/mol. The first-order chi connectivity index (χ1) is 7.56. The van der Waals surface area contributed by atoms with Gasteiger partial charge < -0.3 is 4.98 Å². The van der Waals surface area contributed by atoms with E-state index in [1.807, 2.05) is 0 Å². The Kier molecular flexibility index (Phi) is 3.92. The molecule has 16 heavy (non-hydrogen) atoms. The van der Waals surface area contributed by atoms with Gasteiger partial charge in [0.05, 0.1) is 5.52 Å². The summed E-state index contributed by atoms with van der Waals surface area (Å²) in [5.74, 6) is 0.935. The number of alkyl halides is 1. The fourth-order valence-electron chi connectivity index (χ4n) is 1.45. The minimum Gasteiger partial charge on any atom is -0.342 e. The van der Waals surface area contributed by atoms with E-state index in [9.17, 15) is 0 Å². The largest absolute Gasteiger partial charge is 0.342 e. The third-order valence-corrected chi connectivity index (χ3v) is 3.30. The van der Waals surface area contributed by atoms with Crippen LogP contribution in [0.25, 0.3) is 11.0 Å². The fourth-order valence-corrected chi connectivity index (χ4v) is 2.24. The molecule has 6 heteroatoms. The maximum atomic E-state index is 5.96. The van der Waals surface area contributed by atoms with E-state index in [1.165, 1.54) is 0 Å². The topological polar surface area (TPSA) is 41.6 Å². The highest BCUT2D eigenvalue weighted by Gasteiger charge is 2.09. The third kappa shape index (κ3) is 2.78. The Labute approximate surface area is 117 Å². The molecule has 1 N–H and O–H groups in total. The number of aromatic nitrogens is 3. The van der Waals surface area contributed by atoms with Crippen molar-refractivity contribution in [3.05, 3.63) is 22.2 Å². The molecule has 2 heterocycles. The van der Waals surface area contributed by atoms with Crippen molar-refractivity contribution in [2.45, 2.75) is 23.7 Å². The first-order valence-electron chi connectivity index (χ1n) is 4.91. The summed E-state index contributed by atoms with van der Waals surface area (Å²) >= 11 is 14.2. The molecule has 2 rings (SSSR count). The zero-order valence-corrected chi connectivity index (χ0v) is 12.3. The van der Waals surface area contributed by atoms with Gasteiger partial charge in [-0.3, -0.25) is 0 Å². The minimum atomic E-state index is 0.354. The van der Waals surface area contributed by atoms with Crippen molar-refractivity contribution >= 4 is 56.8 Å². The van der Waals surface area contributed by atoms with Crippen LogP contribution in [-0.4, -0.2) is 18.9 Å². The number of rotatable bonds is 3. The molecule has 0 aliphatic heterocycles. The van der Waals surface area contributed by atoms with Crippen molar-refractivity contribution in [2.24, 2.45) is 0 Å². The molecular weight excluding hydrogens is 360 g/mol. The van der Waals surface area contributed by atoms with Crippen molar-refractivity contribution in [3.63, 3.8) is 0 Å². The van der Waals surface area contributed by atoms with Crippen LogP contribution in [0.4, 0.5) is 0 Å². The molecule has 0 saturated heterocycles. The number of hydrogen-bond acceptors (Lipinski definition) is 2. The van der Waals surface area contributed by atoms with Crippen molar-refractivity contribution in [3.8, 4) is 0 Å². The molecule has 2 aromatic heterocycles. The monoisotopic (exact) mass is 369 g/mol. The van der Waals surface area contributed by atoms with Crippen LogP contribution in [0.2, 0.25) is 10.3 Å². The van der Waals surface area contributed by atoms with Gasteiger partial charge in [-0.05, 0) is 6.42 Å². The molecular formula is C10H10Cl2IN3. The van der Waals surface area contributed by atoms with Crippen LogP contribution in [0.5, 0.6) is 0 Å². The maximum Gasteiger partial charge on any atom is 0.158 e. The number of halogens is 3. The van der Waals surface area contributed by atoms with E-state index in [-0.39, 0.29) is 0 Å². The second-order valence-electron chi connectivity index (χ2n) is 3.63. The lowest BCUT2D eigenvalue weighted by Gasteiger charge is -1.98. The predicted octanol–water partition coefficient (Wildman–Crippen LogP) is 4.02. The van der Waals surface area contributed by atoms with E-state index < -0.39 is 0 Å². The smallest absolute Gasteiger partial charge is 0.158 e. The Balaban J connectivity index is 2.33. The summed E-state index contributed by atoms with van der Waals surface area (Å²) in [7, 11) is 0. The Morgan fingerprint density at radius 2 is 2.19 bits per heavy atom. The third-order valence-electron chi connectivity index (χ3n) is 2.22. The van der Waals surface area contributed by atoms with E-state index in [0.717, 1.165) is 24.2 Å². The van der Waals surface area contributed by atoms with Crippen LogP contribution < -0.4 is 0 Å². The fraction of sp³-hybridized carbons (Fsp3) is 0.400. The summed E-state index contributed by atoms with van der Waals surface area (Å²) < 4.78 is 0.628. The summed E-state index contributed by atoms with van der Waals surface area (Å²) in [5, 5.41) is 0.738. The van der Waals surface area contributed by atoms with Crippen molar-refractivity contribution < 1.29 is 0 Å². The van der Waals surface area contributed by atoms with Crippen molar-refractivity contribution in [2.75, 3.05) is 0 Å². The molecule has 0 saturated carbocycles. The molecule has 0 spiro atoms. The van der Waals surface area contributed by atoms with Crippen molar-refractivity contribution in [1.82, 2.24) is 15.0 Å². The van der Waals surface area contributed by atoms with Crippen LogP contribution >= 0.6 is 45.8 Å². The average Bonchev–Trinajstić information content (AvgIpc) is 2.57. The predicted molar refractivity (Wildman–Crippen MR) is 75.7 cm³/mol. The van der Waals surface area contributed by atoms with E-state index >= 15 is 0 Å². The minimum absolute atomic E-state index is 0.354. The van der Waals surface area contributed by atoms with E-state index in [0.29, 0.717) is 19.7 Å². The molecule has 3 nitrogen and oxygen atoms in total. The van der Waals surface area contributed by atoms with Gasteiger partial charge in [0.2, 0.25) is 0 Å². The van der Waals surface area contributed by atoms with Gasteiger partial charge in [-0.25, -0.2) is 9.97 Å². The van der Waals surface area contributed by atoms with Gasteiger partial charge >= 0.3 is 0 Å². The van der Waals surface area contributed by atoms with Crippen LogP contribution in [0, 0.1) is 0 Å². The van der Waals surface area contributed by atoms with E-state index in [1.54, 1.807) is 6.07 Å². The highest BCUT2D eigenvalue weighted by molar-refractivity contribution is 14.1. The Morgan fingerprint density at radius 1 is 1.44 bits per heavy atom. The lowest BCUT2D eigenvalue weighted by molar-refractivity contribution is 0.796. The number of aryl methyl sites for hydroxylation is 1. The molecule has 0 aromatic carbocycles. The zero-order valence-electron chi connectivity index (χ0n) is 8.60. The second kappa shape index (κ2) is 5.06. The normalized spacial score (nSPS) is 13.2. The molecule has 0 fully saturated rings. The molecule has 0 aliphatic carbocycles. The highest BCUT2D eigenvalue weighted by atomic mass is 127. The summed E-state index contributed by atoms with van der Waals surface area (Å²) in [6.07, 6.45) is 1.99. The van der Waals surface area contributed by atoms with E-state index in [4.69, 9.17) is 23.2 Å². The molecule has 0 amide bonds. The van der Waals surface area contributed by atoms with Crippen LogP contribution in [0.1, 0.15) is 19.2 Å². The first kappa shape index (κ1) is 12.4. The van der Waals surface area contributed by atoms with Crippen LogP contribution in [0.3, 0.4) is 0 Å². The SMILES string of the molecule is CC(I)CCc1nc2c(Cl)nc(Cl)cc2[nH]1. The highest BCUT2D eigenvalue weighted by Crippen LogP contribution is 2.23. The molecule has 0 bridgehead atoms. The lowest BCUT2D eigenvalue weighted by Crippen LogP contribution is -1.95. The molecule has 1 unspecified atom stereocenters. The Bertz CT molecular complexity index is 510. The van der Waals surface area contributed by atoms with Crippen LogP contribution in [0.15, 0.2) is 6.07 Å². The van der Waals surface area contributed by atoms with E-state index in [2.05, 4.69) is 44.5 Å². The quantitative estimate of drug-likeness (QED) is 0.504. The summed E-state index contributed by atoms with van der Waals surface area (Å²) in [6.45, 7) is 2.18. The number of nitrogens with one attached hydrogen (secondary N) is 1. The second-order valence-corrected chi connectivity index (χ2v) is 6.51. The Hall–Kier alpha value is -0.0700. The lowest BCUT2D eigenvalue weighted by atomic mass is 10.2. The number of imidazole rings is 1. The van der Waals surface area contributed by atoms with Gasteiger partial charge in [-0.2, -0.15) is 0 Å². The summed E-state index contributed by atoms with van der Waals surface area (Å²) in [4.78, 5) is 11.6. The maximum absolute atomic E-state index is 5.96. The molecule has 0 radical (unpaired) electrons. The number of H-pyrrole nitrogens is 1. The first-order valence-corrected chi connectivity index (χ1v) is 6.91. The molecule has 86 valence electrons. The molecule has 0 aliphatic rings. The van der Waals surface area contributed by atoms with Gasteiger partial charge in [0, 0.05) is 16.4 Å². The number of nitrogens with zero attached hydrogens (tertiary/aromatic N) is 2. The van der Waals surface area contributed by atoms with Gasteiger partial charge in [0.1, 0.15) is 16.5 Å². The Morgan fingerprint density at radius 3 is 2.88 bits per heavy atom. The van der Waals surface area contributed by atoms with Gasteiger partial charge in [-0.15, -0.1) is 0 Å². The molecule has 2 aromatic rings. The number of hydrogen-bond donors (Lipinski definition) is 1. The van der Waals surface area contributed by atoms with Gasteiger partial charge in [0.15, 0.2) is 5.15 Å². The zero-order chi connectivity index (χ0) is 11.7. The van der Waals surface area contributed by atoms with Gasteiger partial charge in [-0.1, -0.05) is 52.7 Å².